The van der Waals surface area contributed by atoms with Gasteiger partial charge in [-0.15, -0.1) is 0 Å². The van der Waals surface area contributed by atoms with Crippen molar-refractivity contribution in [1.29, 1.82) is 0 Å². The number of hydrogen-bond acceptors (Lipinski definition) is 36. The van der Waals surface area contributed by atoms with Crippen LogP contribution in [0, 0.1) is 0 Å². The third-order valence-corrected chi connectivity index (χ3v) is 20.1. The number of hydrogen-bond donors (Lipinski definition) is 7. The number of rotatable bonds is 47. The Kier molecular flexibility index (Phi) is 34.0. The Morgan fingerprint density at radius 2 is 0.851 bits per heavy atom. The lowest BCUT2D eigenvalue weighted by Crippen LogP contribution is -2.48. The Bertz CT molecular complexity index is 5060. The number of oxazole rings is 2. The normalized spacial score (nSPS) is 13.9. The van der Waals surface area contributed by atoms with Gasteiger partial charge < -0.3 is 96.0 Å². The van der Waals surface area contributed by atoms with E-state index in [9.17, 15) is 19.2 Å². The summed E-state index contributed by atoms with van der Waals surface area (Å²) in [6.45, 7) is 18.8. The van der Waals surface area contributed by atoms with Crippen molar-refractivity contribution in [3.8, 4) is 22.5 Å². The summed E-state index contributed by atoms with van der Waals surface area (Å²) in [4.78, 5) is 102. The molecule has 0 bridgehead atoms. The van der Waals surface area contributed by atoms with Crippen LogP contribution < -0.4 is 44.2 Å². The number of fused-ring (bicyclic) bond motifs is 5. The molecule has 0 spiro atoms. The second-order valence-electron chi connectivity index (χ2n) is 28.6. The number of ether oxygens (including phenoxy) is 8. The molecule has 0 saturated carbocycles. The number of ketones is 1. The van der Waals surface area contributed by atoms with Crippen molar-refractivity contribution in [2.75, 3.05) is 210 Å². The number of aromatic nitrogens is 14. The molecule has 646 valence electrons. The van der Waals surface area contributed by atoms with Crippen molar-refractivity contribution < 1.29 is 71.0 Å². The standard InChI is InChI=1S/C37H52N12O6.C28H37N5O8.C16H18N8O/c38-23-27-24-41-37(42-25-27)48-11-9-47(10-12-48)13-15-52-17-19-54-21-20-53-18-16-51-14-7-29(50)4-2-1-3-8-49-35-32(34(39)43-26-44-35)33(46-49)28-5-6-31-30(22-28)45-36(40)55-31;34-25(35)5-11-38-13-15-40-17-18-41-16-14-39-12-10-31-6-8-32(9-7-31)28-29-19-22(20-30-28)21-33-26(36)23-3-1-2-4-24(23)27(33)37;17-5-1-2-6-24-15-12(14(18)20-8-21-15)13(23-24)9-3-4-11-10(7-9)22-16(19)25-11/h5-6,22,24-26H,1-4,7-21,23,38H2,(H2,40,45)(H2,39,43,44);1-4,19-20H,5-18,21H2,(H,34,35);3-4,7-8H,1-2,5-6,17H2,(H2,19,22)(H2,18,20,21). The van der Waals surface area contributed by atoms with Gasteiger partial charge in [-0.25, -0.2) is 49.2 Å². The van der Waals surface area contributed by atoms with Gasteiger partial charge in [0.05, 0.1) is 141 Å². The van der Waals surface area contributed by atoms with Gasteiger partial charge in [0.15, 0.2) is 22.5 Å². The third-order valence-electron chi connectivity index (χ3n) is 20.1. The number of carboxylic acid groups (broad SMARTS) is 1. The first kappa shape index (κ1) is 88.7. The number of piperazine rings is 2. The summed E-state index contributed by atoms with van der Waals surface area (Å²) < 4.78 is 58.6. The number of anilines is 6. The number of carbonyl (C=O) groups is 4. The topological polar surface area (TPSA) is 525 Å². The van der Waals surface area contributed by atoms with Crippen molar-refractivity contribution in [1.82, 2.24) is 84.1 Å². The zero-order valence-corrected chi connectivity index (χ0v) is 67.9. The van der Waals surface area contributed by atoms with Crippen molar-refractivity contribution in [3.05, 3.63) is 120 Å². The minimum atomic E-state index is -0.875. The maximum atomic E-state index is 12.6. The van der Waals surface area contributed by atoms with Crippen LogP contribution in [-0.2, 0) is 73.7 Å². The molecule has 8 aromatic heterocycles. The number of carbonyl (C=O) groups excluding carboxylic acids is 3. The predicted octanol–water partition coefficient (Wildman–Crippen LogP) is 4.93. The van der Waals surface area contributed by atoms with Crippen LogP contribution in [0.2, 0.25) is 0 Å². The van der Waals surface area contributed by atoms with E-state index < -0.39 is 5.97 Å². The Labute approximate surface area is 697 Å². The van der Waals surface area contributed by atoms with Crippen LogP contribution in [0.1, 0.15) is 83.2 Å². The van der Waals surface area contributed by atoms with Crippen LogP contribution in [0.15, 0.2) is 107 Å². The van der Waals surface area contributed by atoms with Crippen molar-refractivity contribution in [2.45, 2.75) is 77.5 Å². The average Bonchev–Trinajstić information content (AvgIpc) is 1.62. The summed E-state index contributed by atoms with van der Waals surface area (Å²) in [6, 6.07) is 18.2. The lowest BCUT2D eigenvalue weighted by molar-refractivity contribution is -0.138. The fourth-order valence-electron chi connectivity index (χ4n) is 13.6. The number of nitrogen functional groups attached to an aromatic ring is 4. The molecule has 0 radical (unpaired) electrons. The number of nitrogens with two attached hydrogens (primary N) is 6. The number of unbranched alkanes of at least 4 members (excludes halogenated alkanes) is 3. The summed E-state index contributed by atoms with van der Waals surface area (Å²) in [7, 11) is 0. The van der Waals surface area contributed by atoms with Gasteiger partial charge in [-0.2, -0.15) is 20.2 Å². The van der Waals surface area contributed by atoms with E-state index in [2.05, 4.69) is 69.4 Å². The molecule has 2 amide bonds. The van der Waals surface area contributed by atoms with Gasteiger partial charge in [-0.05, 0) is 80.8 Å². The molecule has 2 fully saturated rings. The van der Waals surface area contributed by atoms with Crippen LogP contribution >= 0.6 is 0 Å². The molecule has 11 aromatic rings. The molecule has 11 heterocycles. The van der Waals surface area contributed by atoms with Gasteiger partial charge >= 0.3 is 5.97 Å². The van der Waals surface area contributed by atoms with Crippen LogP contribution in [0.3, 0.4) is 0 Å². The fraction of sp³-hybridized carbons (Fsp3) is 0.481. The lowest BCUT2D eigenvalue weighted by Gasteiger charge is -2.34. The minimum absolute atomic E-state index is 0.00429. The maximum Gasteiger partial charge on any atom is 0.305 e. The first-order valence-electron chi connectivity index (χ1n) is 40.7. The molecule has 40 nitrogen and oxygen atoms in total. The van der Waals surface area contributed by atoms with Crippen molar-refractivity contribution in [2.24, 2.45) is 11.5 Å². The van der Waals surface area contributed by atoms with Gasteiger partial charge in [-0.3, -0.25) is 33.9 Å². The number of carboxylic acids is 1. The van der Waals surface area contributed by atoms with E-state index in [-0.39, 0.29) is 49.2 Å². The van der Waals surface area contributed by atoms with Crippen LogP contribution in [0.25, 0.3) is 66.8 Å². The van der Waals surface area contributed by atoms with E-state index in [1.165, 1.54) is 17.6 Å². The summed E-state index contributed by atoms with van der Waals surface area (Å²) in [6.07, 6.45) is 15.1. The first-order valence-corrected chi connectivity index (χ1v) is 40.7. The zero-order chi connectivity index (χ0) is 84.5. The third kappa shape index (κ3) is 25.8. The monoisotopic (exact) mass is 1670 g/mol. The predicted molar refractivity (Wildman–Crippen MR) is 449 cm³/mol. The number of aryl methyl sites for hydroxylation is 2. The van der Waals surface area contributed by atoms with Crippen molar-refractivity contribution in [3.63, 3.8) is 0 Å². The molecule has 121 heavy (non-hydrogen) atoms. The molecule has 0 aliphatic carbocycles. The Hall–Kier alpha value is -11.5. The molecule has 14 rings (SSSR count). The van der Waals surface area contributed by atoms with Gasteiger partial charge in [0, 0.05) is 145 Å². The first-order chi connectivity index (χ1) is 59.2. The lowest BCUT2D eigenvalue weighted by atomic mass is 10.1. The Morgan fingerprint density at radius 1 is 0.438 bits per heavy atom. The maximum absolute atomic E-state index is 12.6. The highest BCUT2D eigenvalue weighted by Gasteiger charge is 2.35. The highest BCUT2D eigenvalue weighted by molar-refractivity contribution is 6.21. The van der Waals surface area contributed by atoms with Gasteiger partial charge in [0.25, 0.3) is 23.8 Å². The highest BCUT2D eigenvalue weighted by Crippen LogP contribution is 2.35. The molecule has 2 saturated heterocycles. The average molecular weight is 1670 g/mol. The van der Waals surface area contributed by atoms with Crippen LogP contribution in [0.5, 0.6) is 0 Å². The molecule has 3 aliphatic rings. The summed E-state index contributed by atoms with van der Waals surface area (Å²) in [5.74, 6) is 0.883. The number of imide groups is 1. The molecule has 3 aromatic carbocycles. The molecular formula is C81H107N25O15. The minimum Gasteiger partial charge on any atom is -0.481 e. The van der Waals surface area contributed by atoms with E-state index in [1.54, 1.807) is 55.1 Å². The van der Waals surface area contributed by atoms with Gasteiger partial charge in [-0.1, -0.05) is 18.6 Å². The van der Waals surface area contributed by atoms with E-state index >= 15 is 0 Å². The Balaban J connectivity index is 0.000000178. The van der Waals surface area contributed by atoms with Gasteiger partial charge in [0.2, 0.25) is 11.9 Å². The van der Waals surface area contributed by atoms with Crippen LogP contribution in [0.4, 0.5) is 35.6 Å². The quantitative estimate of drug-likeness (QED) is 0.0196. The van der Waals surface area contributed by atoms with E-state index in [0.29, 0.717) is 223 Å². The molecule has 13 N–H and O–H groups in total. The fourth-order valence-corrected chi connectivity index (χ4v) is 13.6. The van der Waals surface area contributed by atoms with E-state index in [0.717, 1.165) is 126 Å². The molecular weight excluding hydrogens is 1560 g/mol. The van der Waals surface area contributed by atoms with Crippen LogP contribution in [-0.4, -0.2) is 290 Å². The number of nitrogens with zero attached hydrogens (tertiary/aromatic N) is 19. The SMILES string of the molecule is NCCCCn1nc(-c2ccc3oc(N)nc3c2)c2c(N)ncnc21.NCc1cnc(N2CCN(CCOCCOCCOCCOCCC(=O)CCCCCn3nc(-c4ccc5oc(N)nc5c4)c4c(N)ncnc43)CC2)nc1.O=C(O)CCOCCOCCOCCOCCN1CCN(c2ncc(CN3C(=O)c4ccccc4C3=O)cn2)CC1. The summed E-state index contributed by atoms with van der Waals surface area (Å²) >= 11 is 0. The second kappa shape index (κ2) is 46.3. The van der Waals surface area contributed by atoms with Crippen molar-refractivity contribution >= 4 is 103 Å². The second-order valence-corrected chi connectivity index (χ2v) is 28.6. The summed E-state index contributed by atoms with van der Waals surface area (Å²) in [5, 5.41) is 19.5. The molecule has 0 atom stereocenters. The molecule has 40 heteroatoms. The van der Waals surface area contributed by atoms with Gasteiger partial charge in [0.1, 0.15) is 52.5 Å². The zero-order valence-electron chi connectivity index (χ0n) is 67.9. The summed E-state index contributed by atoms with van der Waals surface area (Å²) in [5.41, 5.74) is 44.3. The number of aliphatic carboxylic acids is 1. The smallest absolute Gasteiger partial charge is 0.305 e. The molecule has 0 unspecified atom stereocenters. The number of Topliss-reactive ketones (excluding diaryl/α,β-unsaturated/α-hetero) is 1. The van der Waals surface area contributed by atoms with E-state index in [1.807, 2.05) is 39.7 Å². The Morgan fingerprint density at radius 3 is 1.28 bits per heavy atom. The highest BCUT2D eigenvalue weighted by atomic mass is 16.6. The number of benzene rings is 3. The molecule has 3 aliphatic heterocycles. The number of amides is 2. The van der Waals surface area contributed by atoms with E-state index in [4.69, 9.17) is 96.4 Å². The largest absolute Gasteiger partial charge is 0.481 e.